The minimum absolute atomic E-state index is 0.131. The summed E-state index contributed by atoms with van der Waals surface area (Å²) in [7, 11) is -11.6. The molecule has 0 fully saturated rings. The van der Waals surface area contributed by atoms with E-state index in [1.165, 1.54) is 13.8 Å². The van der Waals surface area contributed by atoms with Crippen molar-refractivity contribution in [2.24, 2.45) is 4.52 Å². The number of hydrogen-bond donors (Lipinski definition) is 0. The molecular formula is C5H12F4N3OP3. The summed E-state index contributed by atoms with van der Waals surface area (Å²) in [5, 5.41) is 0. The van der Waals surface area contributed by atoms with Gasteiger partial charge < -0.3 is 0 Å². The van der Waals surface area contributed by atoms with Crippen molar-refractivity contribution in [3.63, 3.8) is 0 Å². The second-order valence-electron chi connectivity index (χ2n) is 3.13. The van der Waals surface area contributed by atoms with Gasteiger partial charge >= 0.3 is 91.8 Å². The molecule has 0 amide bonds. The van der Waals surface area contributed by atoms with Gasteiger partial charge in [0.1, 0.15) is 0 Å². The van der Waals surface area contributed by atoms with Crippen molar-refractivity contribution in [1.29, 1.82) is 0 Å². The van der Waals surface area contributed by atoms with Crippen LogP contribution in [0, 0.1) is 0 Å². The number of halogens is 4. The van der Waals surface area contributed by atoms with E-state index in [4.69, 9.17) is 0 Å². The summed E-state index contributed by atoms with van der Waals surface area (Å²) in [6, 6.07) is 0.131. The first kappa shape index (κ1) is 14.5. The maximum absolute atomic E-state index is 14.0. The topological polar surface area (TPSA) is 35.9 Å². The zero-order chi connectivity index (χ0) is 12.6. The Labute approximate surface area is 92.5 Å². The molecule has 0 saturated carbocycles. The number of carbonyl (C=O) groups is 1. The Morgan fingerprint density at radius 1 is 1.50 bits per heavy atom. The van der Waals surface area contributed by atoms with E-state index in [0.717, 1.165) is 0 Å². The van der Waals surface area contributed by atoms with Gasteiger partial charge in [0.2, 0.25) is 0 Å². The molecule has 0 bridgehead atoms. The van der Waals surface area contributed by atoms with E-state index in [1.54, 1.807) is 0 Å². The Morgan fingerprint density at radius 2 is 2.06 bits per heavy atom. The fourth-order valence-electron chi connectivity index (χ4n) is 1.24. The van der Waals surface area contributed by atoms with Crippen molar-refractivity contribution >= 4 is 29.6 Å². The molecule has 0 radical (unpaired) electrons. The van der Waals surface area contributed by atoms with Gasteiger partial charge in [0.05, 0.1) is 0 Å². The summed E-state index contributed by atoms with van der Waals surface area (Å²) >= 11 is 0. The molecule has 96 valence electrons. The number of hydrogen-bond acceptors (Lipinski definition) is 4. The van der Waals surface area contributed by atoms with Gasteiger partial charge in [-0.3, -0.25) is 0 Å². The van der Waals surface area contributed by atoms with Crippen molar-refractivity contribution in [3.8, 4) is 0 Å². The fraction of sp³-hybridized carbons (Fsp3) is 0.800. The summed E-state index contributed by atoms with van der Waals surface area (Å²) in [6.07, 6.45) is -0.643. The zero-order valence-corrected chi connectivity index (χ0v) is 11.4. The van der Waals surface area contributed by atoms with E-state index >= 15 is 0 Å². The Hall–Kier alpha value is 0.400. The van der Waals surface area contributed by atoms with E-state index in [9.17, 15) is 22.2 Å². The molecule has 11 heteroatoms. The Balaban J connectivity index is 3.34. The molecule has 0 aromatic carbocycles. The molecule has 0 N–H and O–H groups in total. The van der Waals surface area contributed by atoms with E-state index in [2.05, 4.69) is 4.52 Å². The Morgan fingerprint density at radius 3 is 2.44 bits per heavy atom. The van der Waals surface area contributed by atoms with Crippen LogP contribution in [0.5, 0.6) is 0 Å². The van der Waals surface area contributed by atoms with Crippen molar-refractivity contribution < 1.29 is 22.2 Å². The average Bonchev–Trinajstić information content (AvgIpc) is 2.31. The van der Waals surface area contributed by atoms with E-state index < -0.39 is 39.1 Å². The summed E-state index contributed by atoms with van der Waals surface area (Å²) in [6.45, 7) is 2.62. The molecule has 4 nitrogen and oxygen atoms in total. The molecule has 0 spiro atoms. The average molecular weight is 299 g/mol. The molecule has 0 saturated heterocycles. The van der Waals surface area contributed by atoms with Gasteiger partial charge in [0.25, 0.3) is 0 Å². The summed E-state index contributed by atoms with van der Waals surface area (Å²) in [4.78, 5) is 10.8. The van der Waals surface area contributed by atoms with Crippen LogP contribution in [-0.2, 0) is 4.79 Å². The molecule has 16 heavy (non-hydrogen) atoms. The van der Waals surface area contributed by atoms with Crippen LogP contribution in [0.3, 0.4) is 0 Å². The molecule has 2 atom stereocenters. The summed E-state index contributed by atoms with van der Waals surface area (Å²) < 4.78 is 56.3. The molecule has 2 unspecified atom stereocenters. The molecule has 1 aliphatic rings. The predicted molar refractivity (Wildman–Crippen MR) is 60.5 cm³/mol. The third-order valence-electron chi connectivity index (χ3n) is 2.33. The molecular weight excluding hydrogens is 287 g/mol. The fourth-order valence-corrected chi connectivity index (χ4v) is 10.6. The molecule has 1 heterocycles. The van der Waals surface area contributed by atoms with Gasteiger partial charge in [-0.25, -0.2) is 0 Å². The third kappa shape index (κ3) is 1.95. The van der Waals surface area contributed by atoms with Gasteiger partial charge in [0.15, 0.2) is 0 Å². The van der Waals surface area contributed by atoms with E-state index in [1.807, 2.05) is 0 Å². The second-order valence-corrected chi connectivity index (χ2v) is 11.1. The molecule has 1 rings (SSSR count). The SMILES string of the molecule is CCP1(C=O)=NP(F)N(F)[PH](F)(CC)N1F. The van der Waals surface area contributed by atoms with Crippen LogP contribution in [0.15, 0.2) is 4.52 Å². The number of nitrogens with zero attached hydrogens (tertiary/aromatic N) is 3. The molecule has 0 aliphatic carbocycles. The van der Waals surface area contributed by atoms with Gasteiger partial charge in [-0.15, -0.1) is 0 Å². The Kier molecular flexibility index (Phi) is 4.47. The van der Waals surface area contributed by atoms with Crippen LogP contribution in [0.4, 0.5) is 17.4 Å². The van der Waals surface area contributed by atoms with E-state index in [-0.39, 0.29) is 12.2 Å². The van der Waals surface area contributed by atoms with Crippen LogP contribution < -0.4 is 0 Å². The van der Waals surface area contributed by atoms with E-state index in [0.29, 0.717) is 0 Å². The quantitative estimate of drug-likeness (QED) is 0.336. The van der Waals surface area contributed by atoms with Crippen molar-refractivity contribution in [3.05, 3.63) is 0 Å². The first-order valence-corrected chi connectivity index (χ1v) is 9.59. The van der Waals surface area contributed by atoms with Gasteiger partial charge in [-0.05, 0) is 0 Å². The summed E-state index contributed by atoms with van der Waals surface area (Å²) in [5.74, 6) is 0. The third-order valence-corrected chi connectivity index (χ3v) is 11.7. The van der Waals surface area contributed by atoms with Gasteiger partial charge in [0, 0.05) is 0 Å². The van der Waals surface area contributed by atoms with Crippen LogP contribution in [0.1, 0.15) is 13.8 Å². The molecule has 0 aromatic heterocycles. The maximum atomic E-state index is 14.0. The Bertz CT molecular complexity index is 345. The summed E-state index contributed by atoms with van der Waals surface area (Å²) in [5.41, 5.74) is 0. The van der Waals surface area contributed by atoms with Crippen LogP contribution in [0.25, 0.3) is 0 Å². The van der Waals surface area contributed by atoms with Crippen LogP contribution in [-0.4, -0.2) is 27.7 Å². The van der Waals surface area contributed by atoms with Crippen molar-refractivity contribution in [1.82, 2.24) is 9.33 Å². The first-order valence-electron chi connectivity index (χ1n) is 4.52. The van der Waals surface area contributed by atoms with Gasteiger partial charge in [-0.1, -0.05) is 0 Å². The van der Waals surface area contributed by atoms with Crippen LogP contribution >= 0.6 is 23.6 Å². The standard InChI is InChI=1S/C5H12F4N3OP3/c1-3-15(5-13)10-14(8)11(6)16(9,4-2)12(15)7/h5,16H,3-4H2,1-2H3. The predicted octanol–water partition coefficient (Wildman–Crippen LogP) is 4.38. The normalized spacial score (nSPS) is 37.8. The van der Waals surface area contributed by atoms with Crippen molar-refractivity contribution in [2.75, 3.05) is 12.3 Å². The second kappa shape index (κ2) is 4.95. The number of carbonyl (C=O) groups excluding carboxylic acids is 1. The van der Waals surface area contributed by atoms with Gasteiger partial charge in [-0.2, -0.15) is 0 Å². The number of rotatable bonds is 3. The molecule has 1 aliphatic heterocycles. The zero-order valence-electron chi connectivity index (χ0n) is 8.65. The first-order chi connectivity index (χ1) is 7.38. The van der Waals surface area contributed by atoms with Crippen LogP contribution in [0.2, 0.25) is 0 Å². The molecule has 0 aromatic rings. The minimum atomic E-state index is -4.85. The monoisotopic (exact) mass is 299 g/mol. The van der Waals surface area contributed by atoms with Crippen molar-refractivity contribution in [2.45, 2.75) is 13.8 Å².